The van der Waals surface area contributed by atoms with Crippen molar-refractivity contribution in [2.24, 2.45) is 0 Å². The molecule has 0 spiro atoms. The van der Waals surface area contributed by atoms with Gasteiger partial charge in [-0.25, -0.2) is 8.42 Å². The van der Waals surface area contributed by atoms with Crippen LogP contribution in [0.1, 0.15) is 36.5 Å². The normalized spacial score (nSPS) is 12.1. The fourth-order valence-electron chi connectivity index (χ4n) is 2.20. The van der Waals surface area contributed by atoms with Gasteiger partial charge in [0.1, 0.15) is 5.03 Å². The minimum Gasteiger partial charge on any atom is -0.352 e. The third-order valence-electron chi connectivity index (χ3n) is 3.35. The van der Waals surface area contributed by atoms with E-state index in [1.54, 1.807) is 18.3 Å². The summed E-state index contributed by atoms with van der Waals surface area (Å²) in [4.78, 5) is 3.25. The van der Waals surface area contributed by atoms with Crippen molar-refractivity contribution >= 4 is 9.84 Å². The first kappa shape index (κ1) is 13.9. The van der Waals surface area contributed by atoms with Crippen molar-refractivity contribution in [3.63, 3.8) is 0 Å². The Kier molecular flexibility index (Phi) is 3.54. The third kappa shape index (κ3) is 2.45. The average Bonchev–Trinajstić information content (AvgIpc) is 2.72. The number of hydrogen-bond donors (Lipinski definition) is 1. The second-order valence-electron chi connectivity index (χ2n) is 5.17. The van der Waals surface area contributed by atoms with Gasteiger partial charge < -0.3 is 4.98 Å². The molecule has 19 heavy (non-hydrogen) atoms. The predicted molar refractivity (Wildman–Crippen MR) is 76.2 cm³/mol. The second-order valence-corrected chi connectivity index (χ2v) is 7.06. The summed E-state index contributed by atoms with van der Waals surface area (Å²) in [6.45, 7) is 7.90. The molecule has 0 atom stereocenters. The fourth-order valence-corrected chi connectivity index (χ4v) is 3.67. The molecule has 0 fully saturated rings. The zero-order valence-corrected chi connectivity index (χ0v) is 12.5. The Labute approximate surface area is 114 Å². The lowest BCUT2D eigenvalue weighted by Crippen LogP contribution is -2.04. The molecule has 0 aliphatic heterocycles. The Hall–Kier alpha value is -1.55. The molecule has 3 nitrogen and oxygen atoms in total. The maximum atomic E-state index is 12.6. The van der Waals surface area contributed by atoms with Crippen LogP contribution in [0.4, 0.5) is 0 Å². The van der Waals surface area contributed by atoms with Crippen molar-refractivity contribution in [1.82, 2.24) is 4.98 Å². The number of rotatable bonds is 3. The highest BCUT2D eigenvalue weighted by Crippen LogP contribution is 2.28. The summed E-state index contributed by atoms with van der Waals surface area (Å²) in [5.41, 5.74) is 2.91. The van der Waals surface area contributed by atoms with E-state index in [1.807, 2.05) is 26.0 Å². The standard InChI is InChI=1S/C15H19NO2S/c1-10(2)14-9-16-15(12(14)4)19(17,18)13-7-5-11(3)6-8-13/h5-10,16H,1-4H3. The topological polar surface area (TPSA) is 49.9 Å². The monoisotopic (exact) mass is 277 g/mol. The molecule has 4 heteroatoms. The van der Waals surface area contributed by atoms with E-state index in [1.165, 1.54) is 0 Å². The smallest absolute Gasteiger partial charge is 0.222 e. The molecule has 0 aliphatic rings. The highest BCUT2D eigenvalue weighted by atomic mass is 32.2. The molecule has 0 saturated carbocycles. The summed E-state index contributed by atoms with van der Waals surface area (Å²) in [6.07, 6.45) is 1.79. The van der Waals surface area contributed by atoms with Gasteiger partial charge in [0.2, 0.25) is 9.84 Å². The second kappa shape index (κ2) is 4.85. The number of aromatic amines is 1. The van der Waals surface area contributed by atoms with Crippen LogP contribution in [0, 0.1) is 13.8 Å². The predicted octanol–water partition coefficient (Wildman–Crippen LogP) is 3.59. The van der Waals surface area contributed by atoms with Crippen LogP contribution < -0.4 is 0 Å². The van der Waals surface area contributed by atoms with Crippen LogP contribution in [-0.4, -0.2) is 13.4 Å². The largest absolute Gasteiger partial charge is 0.352 e. The molecular formula is C15H19NO2S. The Morgan fingerprint density at radius 1 is 1.05 bits per heavy atom. The number of aromatic nitrogens is 1. The van der Waals surface area contributed by atoms with Crippen LogP contribution in [0.5, 0.6) is 0 Å². The lowest BCUT2D eigenvalue weighted by molar-refractivity contribution is 0.592. The Morgan fingerprint density at radius 2 is 1.63 bits per heavy atom. The number of H-pyrrole nitrogens is 1. The first-order valence-corrected chi connectivity index (χ1v) is 7.82. The van der Waals surface area contributed by atoms with Crippen LogP contribution in [-0.2, 0) is 9.84 Å². The van der Waals surface area contributed by atoms with Crippen molar-refractivity contribution < 1.29 is 8.42 Å². The molecule has 0 unspecified atom stereocenters. The van der Waals surface area contributed by atoms with Crippen molar-refractivity contribution in [2.45, 2.75) is 43.5 Å². The molecule has 0 saturated heterocycles. The fraction of sp³-hybridized carbons (Fsp3) is 0.333. The van der Waals surface area contributed by atoms with E-state index in [2.05, 4.69) is 18.8 Å². The van der Waals surface area contributed by atoms with Crippen LogP contribution in [0.3, 0.4) is 0 Å². The van der Waals surface area contributed by atoms with Gasteiger partial charge in [-0.3, -0.25) is 0 Å². The van der Waals surface area contributed by atoms with Crippen LogP contribution in [0.2, 0.25) is 0 Å². The molecule has 0 aliphatic carbocycles. The lowest BCUT2D eigenvalue weighted by atomic mass is 10.0. The quantitative estimate of drug-likeness (QED) is 0.932. The highest BCUT2D eigenvalue weighted by Gasteiger charge is 2.23. The number of aryl methyl sites for hydroxylation is 1. The number of sulfone groups is 1. The molecule has 1 heterocycles. The number of benzene rings is 1. The SMILES string of the molecule is Cc1ccc(S(=O)(=O)c2[nH]cc(C(C)C)c2C)cc1. The van der Waals surface area contributed by atoms with Crippen molar-refractivity contribution in [3.8, 4) is 0 Å². The van der Waals surface area contributed by atoms with E-state index in [-0.39, 0.29) is 0 Å². The van der Waals surface area contributed by atoms with E-state index in [0.29, 0.717) is 15.8 Å². The van der Waals surface area contributed by atoms with Gasteiger partial charge in [-0.05, 0) is 43.0 Å². The Bertz CT molecular complexity index is 679. The van der Waals surface area contributed by atoms with E-state index in [0.717, 1.165) is 16.7 Å². The average molecular weight is 277 g/mol. The third-order valence-corrected chi connectivity index (χ3v) is 5.21. The summed E-state index contributed by atoms with van der Waals surface area (Å²) in [5.74, 6) is 0.304. The first-order valence-electron chi connectivity index (χ1n) is 6.33. The van der Waals surface area contributed by atoms with Crippen LogP contribution >= 0.6 is 0 Å². The zero-order chi connectivity index (χ0) is 14.2. The van der Waals surface area contributed by atoms with E-state index < -0.39 is 9.84 Å². The van der Waals surface area contributed by atoms with E-state index in [4.69, 9.17) is 0 Å². The molecule has 0 bridgehead atoms. The number of hydrogen-bond acceptors (Lipinski definition) is 2. The summed E-state index contributed by atoms with van der Waals surface area (Å²) >= 11 is 0. The maximum Gasteiger partial charge on any atom is 0.222 e. The molecule has 1 aromatic carbocycles. The van der Waals surface area contributed by atoms with Gasteiger partial charge in [0.15, 0.2) is 0 Å². The summed E-state index contributed by atoms with van der Waals surface area (Å²) in [7, 11) is -3.45. The summed E-state index contributed by atoms with van der Waals surface area (Å²) in [5, 5.41) is 0.306. The van der Waals surface area contributed by atoms with Gasteiger partial charge in [0, 0.05) is 6.20 Å². The van der Waals surface area contributed by atoms with Gasteiger partial charge >= 0.3 is 0 Å². The Balaban J connectivity index is 2.54. The van der Waals surface area contributed by atoms with Crippen LogP contribution in [0.25, 0.3) is 0 Å². The highest BCUT2D eigenvalue weighted by molar-refractivity contribution is 7.91. The molecule has 0 radical (unpaired) electrons. The van der Waals surface area contributed by atoms with Gasteiger partial charge in [0.05, 0.1) is 4.90 Å². The van der Waals surface area contributed by atoms with Crippen LogP contribution in [0.15, 0.2) is 40.4 Å². The zero-order valence-electron chi connectivity index (χ0n) is 11.7. The van der Waals surface area contributed by atoms with Crippen molar-refractivity contribution in [1.29, 1.82) is 0 Å². The minimum atomic E-state index is -3.45. The molecule has 1 aromatic heterocycles. The molecular weight excluding hydrogens is 258 g/mol. The summed E-state index contributed by atoms with van der Waals surface area (Å²) < 4.78 is 25.1. The summed E-state index contributed by atoms with van der Waals surface area (Å²) in [6, 6.07) is 6.93. The molecule has 2 rings (SSSR count). The molecule has 2 aromatic rings. The molecule has 102 valence electrons. The van der Waals surface area contributed by atoms with Crippen molar-refractivity contribution in [2.75, 3.05) is 0 Å². The first-order chi connectivity index (χ1) is 8.84. The van der Waals surface area contributed by atoms with E-state index >= 15 is 0 Å². The number of nitrogens with one attached hydrogen (secondary N) is 1. The molecule has 0 amide bonds. The van der Waals surface area contributed by atoms with E-state index in [9.17, 15) is 8.42 Å². The Morgan fingerprint density at radius 3 is 2.11 bits per heavy atom. The van der Waals surface area contributed by atoms with Gasteiger partial charge in [-0.2, -0.15) is 0 Å². The van der Waals surface area contributed by atoms with Gasteiger partial charge in [0.25, 0.3) is 0 Å². The lowest BCUT2D eigenvalue weighted by Gasteiger charge is -2.06. The molecule has 1 N–H and O–H groups in total. The minimum absolute atomic E-state index is 0.304. The maximum absolute atomic E-state index is 12.6. The van der Waals surface area contributed by atoms with Gasteiger partial charge in [-0.15, -0.1) is 0 Å². The van der Waals surface area contributed by atoms with Gasteiger partial charge in [-0.1, -0.05) is 31.5 Å². The van der Waals surface area contributed by atoms with Crippen molar-refractivity contribution in [3.05, 3.63) is 47.2 Å².